The Morgan fingerprint density at radius 3 is 2.59 bits per heavy atom. The molecule has 1 heterocycles. The Hall–Kier alpha value is -0.380. The van der Waals surface area contributed by atoms with Crippen molar-refractivity contribution >= 4 is 15.9 Å². The first-order valence-electron chi connectivity index (χ1n) is 8.53. The highest BCUT2D eigenvalue weighted by Gasteiger charge is 2.46. The molecule has 2 rings (SSSR count). The molecule has 4 atom stereocenters. The maximum absolute atomic E-state index is 11.4. The molecule has 0 spiro atoms. The van der Waals surface area contributed by atoms with Crippen molar-refractivity contribution in [2.45, 2.75) is 72.2 Å². The molecule has 1 saturated heterocycles. The monoisotopic (exact) mass is 368 g/mol. The summed E-state index contributed by atoms with van der Waals surface area (Å²) < 4.78 is 7.24. The second kappa shape index (κ2) is 7.02. The Labute approximate surface area is 143 Å². The Kier molecular flexibility index (Phi) is 5.73. The highest BCUT2D eigenvalue weighted by atomic mass is 79.9. The summed E-state index contributed by atoms with van der Waals surface area (Å²) in [6.45, 7) is 10.7. The predicted octanol–water partition coefficient (Wildman–Crippen LogP) is 5.33. The lowest BCUT2D eigenvalue weighted by Gasteiger charge is -2.46. The topological polar surface area (TPSA) is 29.5 Å². The van der Waals surface area contributed by atoms with Gasteiger partial charge in [0.05, 0.1) is 6.10 Å². The minimum atomic E-state index is -1.18. The maximum Gasteiger partial charge on any atom is 0.195 e. The molecular formula is C19H29BrO2. The molecule has 2 nitrogen and oxygen atoms in total. The van der Waals surface area contributed by atoms with Crippen LogP contribution in [0.2, 0.25) is 0 Å². The van der Waals surface area contributed by atoms with Gasteiger partial charge in [-0.1, -0.05) is 56.1 Å². The summed E-state index contributed by atoms with van der Waals surface area (Å²) in [7, 11) is 0. The van der Waals surface area contributed by atoms with Crippen molar-refractivity contribution in [1.29, 1.82) is 0 Å². The fraction of sp³-hybridized carbons (Fsp3) is 0.684. The first-order valence-corrected chi connectivity index (χ1v) is 9.32. The highest BCUT2D eigenvalue weighted by Crippen LogP contribution is 2.45. The Morgan fingerprint density at radius 2 is 2.00 bits per heavy atom. The van der Waals surface area contributed by atoms with E-state index >= 15 is 0 Å². The molecule has 1 aliphatic heterocycles. The van der Waals surface area contributed by atoms with Crippen LogP contribution >= 0.6 is 15.9 Å². The van der Waals surface area contributed by atoms with Crippen LogP contribution < -0.4 is 0 Å². The Morgan fingerprint density at radius 1 is 1.32 bits per heavy atom. The fourth-order valence-electron chi connectivity index (χ4n) is 3.56. The summed E-state index contributed by atoms with van der Waals surface area (Å²) in [6.07, 6.45) is 4.25. The third-order valence-electron chi connectivity index (χ3n) is 5.21. The fourth-order valence-corrected chi connectivity index (χ4v) is 4.10. The number of rotatable bonds is 4. The van der Waals surface area contributed by atoms with E-state index in [1.165, 1.54) is 5.56 Å². The van der Waals surface area contributed by atoms with Crippen LogP contribution in [0.4, 0.5) is 0 Å². The zero-order chi connectivity index (χ0) is 16.5. The molecule has 1 aliphatic rings. The summed E-state index contributed by atoms with van der Waals surface area (Å²) in [6, 6.07) is 4.26. The van der Waals surface area contributed by atoms with Gasteiger partial charge in [-0.25, -0.2) is 0 Å². The molecule has 0 radical (unpaired) electrons. The van der Waals surface area contributed by atoms with Gasteiger partial charge in [0, 0.05) is 16.0 Å². The van der Waals surface area contributed by atoms with E-state index in [1.54, 1.807) is 0 Å². The van der Waals surface area contributed by atoms with E-state index in [2.05, 4.69) is 62.7 Å². The number of aryl methyl sites for hydroxylation is 2. The standard InChI is InChI=1S/C19H29BrO2/c1-6-8-15-9-13(4)17(11-18(15)20)19(21)14(5)12(3)10-16(7-2)22-19/h9,11-12,14,16,21H,6-8,10H2,1-5H3. The Bertz CT molecular complexity index is 528. The number of hydrogen-bond acceptors (Lipinski definition) is 2. The van der Waals surface area contributed by atoms with Crippen molar-refractivity contribution in [3.8, 4) is 0 Å². The van der Waals surface area contributed by atoms with Gasteiger partial charge in [0.2, 0.25) is 0 Å². The van der Waals surface area contributed by atoms with E-state index < -0.39 is 5.79 Å². The van der Waals surface area contributed by atoms with Crippen LogP contribution in [-0.2, 0) is 16.9 Å². The number of ether oxygens (including phenoxy) is 1. The Balaban J connectivity index is 2.45. The van der Waals surface area contributed by atoms with Crippen molar-refractivity contribution in [3.63, 3.8) is 0 Å². The average Bonchev–Trinajstić information content (AvgIpc) is 2.47. The van der Waals surface area contributed by atoms with E-state index in [0.717, 1.165) is 41.3 Å². The zero-order valence-electron chi connectivity index (χ0n) is 14.4. The second-order valence-electron chi connectivity index (χ2n) is 6.85. The molecule has 4 unspecified atom stereocenters. The molecule has 0 saturated carbocycles. The van der Waals surface area contributed by atoms with Crippen molar-refractivity contribution < 1.29 is 9.84 Å². The molecule has 0 aromatic heterocycles. The van der Waals surface area contributed by atoms with Crippen molar-refractivity contribution in [1.82, 2.24) is 0 Å². The van der Waals surface area contributed by atoms with E-state index in [0.29, 0.717) is 5.92 Å². The van der Waals surface area contributed by atoms with Gasteiger partial charge in [-0.05, 0) is 49.3 Å². The molecule has 0 bridgehead atoms. The summed E-state index contributed by atoms with van der Waals surface area (Å²) in [5.74, 6) is -0.662. The lowest BCUT2D eigenvalue weighted by atomic mass is 9.77. The zero-order valence-corrected chi connectivity index (χ0v) is 16.0. The largest absolute Gasteiger partial charge is 0.362 e. The summed E-state index contributed by atoms with van der Waals surface area (Å²) in [5, 5.41) is 11.4. The summed E-state index contributed by atoms with van der Waals surface area (Å²) >= 11 is 3.67. The number of halogens is 1. The van der Waals surface area contributed by atoms with Crippen molar-refractivity contribution in [3.05, 3.63) is 33.3 Å². The van der Waals surface area contributed by atoms with Crippen LogP contribution in [0.5, 0.6) is 0 Å². The lowest BCUT2D eigenvalue weighted by Crippen LogP contribution is -2.48. The molecule has 0 aliphatic carbocycles. The van der Waals surface area contributed by atoms with Crippen LogP contribution in [0.15, 0.2) is 16.6 Å². The molecule has 22 heavy (non-hydrogen) atoms. The number of aliphatic hydroxyl groups is 1. The van der Waals surface area contributed by atoms with Crippen LogP contribution in [-0.4, -0.2) is 11.2 Å². The smallest absolute Gasteiger partial charge is 0.195 e. The first-order chi connectivity index (χ1) is 10.3. The number of benzene rings is 1. The minimum Gasteiger partial charge on any atom is -0.362 e. The molecular weight excluding hydrogens is 340 g/mol. The summed E-state index contributed by atoms with van der Waals surface area (Å²) in [5.41, 5.74) is 3.33. The quantitative estimate of drug-likeness (QED) is 0.778. The van der Waals surface area contributed by atoms with Gasteiger partial charge in [-0.3, -0.25) is 0 Å². The minimum absolute atomic E-state index is 0.0814. The van der Waals surface area contributed by atoms with Crippen molar-refractivity contribution in [2.75, 3.05) is 0 Å². The maximum atomic E-state index is 11.4. The molecule has 124 valence electrons. The molecule has 1 aromatic rings. The normalized spacial score (nSPS) is 32.2. The van der Waals surface area contributed by atoms with Crippen LogP contribution in [0.3, 0.4) is 0 Å². The van der Waals surface area contributed by atoms with Crippen molar-refractivity contribution in [2.24, 2.45) is 11.8 Å². The van der Waals surface area contributed by atoms with Gasteiger partial charge in [0.15, 0.2) is 5.79 Å². The van der Waals surface area contributed by atoms with Gasteiger partial charge in [-0.2, -0.15) is 0 Å². The predicted molar refractivity (Wildman–Crippen MR) is 94.9 cm³/mol. The van der Waals surface area contributed by atoms with Crippen LogP contribution in [0, 0.1) is 18.8 Å². The SMILES string of the molecule is CCCc1cc(C)c(C2(O)OC(CC)CC(C)C2C)cc1Br. The van der Waals surface area contributed by atoms with Crippen LogP contribution in [0.1, 0.15) is 63.6 Å². The third-order valence-corrected chi connectivity index (χ3v) is 5.94. The molecule has 1 N–H and O–H groups in total. The number of hydrogen-bond donors (Lipinski definition) is 1. The van der Waals surface area contributed by atoms with E-state index in [4.69, 9.17) is 4.74 Å². The lowest BCUT2D eigenvalue weighted by molar-refractivity contribution is -0.302. The second-order valence-corrected chi connectivity index (χ2v) is 7.71. The molecule has 0 amide bonds. The highest BCUT2D eigenvalue weighted by molar-refractivity contribution is 9.10. The average molecular weight is 369 g/mol. The third kappa shape index (κ3) is 3.27. The van der Waals surface area contributed by atoms with Gasteiger partial charge in [-0.15, -0.1) is 0 Å². The summed E-state index contributed by atoms with van der Waals surface area (Å²) in [4.78, 5) is 0. The van der Waals surface area contributed by atoms with Gasteiger partial charge in [0.25, 0.3) is 0 Å². The molecule has 3 heteroatoms. The molecule has 1 fully saturated rings. The van der Waals surface area contributed by atoms with Crippen LogP contribution in [0.25, 0.3) is 0 Å². The van der Waals surface area contributed by atoms with E-state index in [-0.39, 0.29) is 12.0 Å². The first kappa shape index (κ1) is 18.0. The molecule has 1 aromatic carbocycles. The van der Waals surface area contributed by atoms with E-state index in [9.17, 15) is 5.11 Å². The van der Waals surface area contributed by atoms with Gasteiger partial charge >= 0.3 is 0 Å². The van der Waals surface area contributed by atoms with E-state index in [1.807, 2.05) is 0 Å². The van der Waals surface area contributed by atoms with Gasteiger partial charge < -0.3 is 9.84 Å². The van der Waals surface area contributed by atoms with Gasteiger partial charge in [0.1, 0.15) is 0 Å².